The number of amides is 1. The Morgan fingerprint density at radius 1 is 1.05 bits per heavy atom. The quantitative estimate of drug-likeness (QED) is 0.842. The van der Waals surface area contributed by atoms with Crippen LogP contribution in [0.2, 0.25) is 0 Å². The van der Waals surface area contributed by atoms with Crippen molar-refractivity contribution in [3.63, 3.8) is 0 Å². The molecule has 0 saturated carbocycles. The maximum atomic E-state index is 11.6. The van der Waals surface area contributed by atoms with Crippen LogP contribution in [0.3, 0.4) is 0 Å². The topological polar surface area (TPSA) is 55.1 Å². The Morgan fingerprint density at radius 3 is 2.32 bits per heavy atom. The van der Waals surface area contributed by atoms with Crippen LogP contribution >= 0.6 is 31.9 Å². The highest BCUT2D eigenvalue weighted by atomic mass is 79.9. The third-order valence-electron chi connectivity index (χ3n) is 2.62. The second-order valence-corrected chi connectivity index (χ2v) is 5.87. The number of hydrogen-bond acceptors (Lipinski definition) is 2. The van der Waals surface area contributed by atoms with Crippen LogP contribution in [0.25, 0.3) is 0 Å². The monoisotopic (exact) mass is 382 g/mol. The second-order valence-electron chi connectivity index (χ2n) is 4.04. The zero-order chi connectivity index (χ0) is 13.8. The van der Waals surface area contributed by atoms with E-state index in [9.17, 15) is 4.79 Å². The Bertz CT molecular complexity index is 584. The standard InChI is InChI=1S/C14H12Br2N2O/c15-10-4-6-12(7-5-10)18-13(14(17)19)9-2-1-3-11(16)8-9/h1-8,13,18H,(H2,17,19). The minimum atomic E-state index is -0.557. The van der Waals surface area contributed by atoms with Crippen molar-refractivity contribution in [1.29, 1.82) is 0 Å². The van der Waals surface area contributed by atoms with Gasteiger partial charge in [-0.3, -0.25) is 4.79 Å². The van der Waals surface area contributed by atoms with Gasteiger partial charge in [0.2, 0.25) is 5.91 Å². The zero-order valence-electron chi connectivity index (χ0n) is 9.94. The van der Waals surface area contributed by atoms with E-state index in [1.807, 2.05) is 48.5 Å². The van der Waals surface area contributed by atoms with Crippen LogP contribution in [0.15, 0.2) is 57.5 Å². The highest BCUT2D eigenvalue weighted by molar-refractivity contribution is 9.10. The van der Waals surface area contributed by atoms with E-state index >= 15 is 0 Å². The lowest BCUT2D eigenvalue weighted by molar-refractivity contribution is -0.118. The Kier molecular flexibility index (Phi) is 4.61. The molecule has 5 heteroatoms. The fourth-order valence-electron chi connectivity index (χ4n) is 1.72. The van der Waals surface area contributed by atoms with E-state index < -0.39 is 11.9 Å². The summed E-state index contributed by atoms with van der Waals surface area (Å²) in [6, 6.07) is 14.5. The normalized spacial score (nSPS) is 11.9. The lowest BCUT2D eigenvalue weighted by Crippen LogP contribution is -2.27. The molecule has 1 amide bonds. The highest BCUT2D eigenvalue weighted by Crippen LogP contribution is 2.23. The molecule has 0 spiro atoms. The Labute approximate surface area is 128 Å². The molecule has 0 radical (unpaired) electrons. The van der Waals surface area contributed by atoms with E-state index in [2.05, 4.69) is 37.2 Å². The van der Waals surface area contributed by atoms with E-state index in [1.165, 1.54) is 0 Å². The summed E-state index contributed by atoms with van der Waals surface area (Å²) >= 11 is 6.76. The number of rotatable bonds is 4. The average Bonchev–Trinajstić information content (AvgIpc) is 2.37. The summed E-state index contributed by atoms with van der Waals surface area (Å²) in [5, 5.41) is 3.13. The molecule has 3 N–H and O–H groups in total. The van der Waals surface area contributed by atoms with Gasteiger partial charge in [-0.05, 0) is 42.0 Å². The van der Waals surface area contributed by atoms with E-state index in [1.54, 1.807) is 0 Å². The summed E-state index contributed by atoms with van der Waals surface area (Å²) in [4.78, 5) is 11.6. The van der Waals surface area contributed by atoms with Crippen molar-refractivity contribution in [3.05, 3.63) is 63.0 Å². The van der Waals surface area contributed by atoms with Gasteiger partial charge in [-0.1, -0.05) is 44.0 Å². The minimum Gasteiger partial charge on any atom is -0.370 e. The molecule has 0 aliphatic rings. The molecule has 0 heterocycles. The van der Waals surface area contributed by atoms with Gasteiger partial charge in [0.25, 0.3) is 0 Å². The predicted molar refractivity (Wildman–Crippen MR) is 83.8 cm³/mol. The van der Waals surface area contributed by atoms with Gasteiger partial charge in [0, 0.05) is 14.6 Å². The number of nitrogens with one attached hydrogen (secondary N) is 1. The van der Waals surface area contributed by atoms with Gasteiger partial charge in [0.15, 0.2) is 0 Å². The highest BCUT2D eigenvalue weighted by Gasteiger charge is 2.17. The van der Waals surface area contributed by atoms with Crippen LogP contribution < -0.4 is 11.1 Å². The van der Waals surface area contributed by atoms with Crippen LogP contribution in [0.4, 0.5) is 5.69 Å². The first kappa shape index (κ1) is 14.1. The maximum absolute atomic E-state index is 11.6. The molecule has 1 atom stereocenters. The molecule has 0 fully saturated rings. The SMILES string of the molecule is NC(=O)C(Nc1ccc(Br)cc1)c1cccc(Br)c1. The van der Waals surface area contributed by atoms with Gasteiger partial charge in [-0.2, -0.15) is 0 Å². The molecule has 0 saturated heterocycles. The van der Waals surface area contributed by atoms with Crippen LogP contribution in [0.5, 0.6) is 0 Å². The van der Waals surface area contributed by atoms with Crippen molar-refractivity contribution >= 4 is 43.5 Å². The summed E-state index contributed by atoms with van der Waals surface area (Å²) in [6.07, 6.45) is 0. The third kappa shape index (κ3) is 3.81. The molecule has 1 unspecified atom stereocenters. The molecular weight excluding hydrogens is 372 g/mol. The summed E-state index contributed by atoms with van der Waals surface area (Å²) in [7, 11) is 0. The summed E-state index contributed by atoms with van der Waals surface area (Å²) < 4.78 is 1.89. The summed E-state index contributed by atoms with van der Waals surface area (Å²) in [5.74, 6) is -0.416. The van der Waals surface area contributed by atoms with Crippen LogP contribution in [-0.4, -0.2) is 5.91 Å². The predicted octanol–water partition coefficient (Wildman–Crippen LogP) is 3.85. The first-order chi connectivity index (χ1) is 9.06. The van der Waals surface area contributed by atoms with Gasteiger partial charge in [-0.15, -0.1) is 0 Å². The Balaban J connectivity index is 2.26. The molecular formula is C14H12Br2N2O. The fourth-order valence-corrected chi connectivity index (χ4v) is 2.40. The molecule has 2 aromatic carbocycles. The molecule has 19 heavy (non-hydrogen) atoms. The molecule has 2 aromatic rings. The van der Waals surface area contributed by atoms with Gasteiger partial charge in [-0.25, -0.2) is 0 Å². The molecule has 98 valence electrons. The first-order valence-electron chi connectivity index (χ1n) is 5.63. The maximum Gasteiger partial charge on any atom is 0.244 e. The van der Waals surface area contributed by atoms with E-state index in [-0.39, 0.29) is 0 Å². The van der Waals surface area contributed by atoms with Crippen molar-refractivity contribution in [2.75, 3.05) is 5.32 Å². The Hall–Kier alpha value is -1.33. The molecule has 0 aliphatic heterocycles. The van der Waals surface area contributed by atoms with Crippen molar-refractivity contribution in [2.24, 2.45) is 5.73 Å². The summed E-state index contributed by atoms with van der Waals surface area (Å²) in [6.45, 7) is 0. The van der Waals surface area contributed by atoms with Crippen LogP contribution in [-0.2, 0) is 4.79 Å². The molecule has 3 nitrogen and oxygen atoms in total. The van der Waals surface area contributed by atoms with Crippen molar-refractivity contribution in [3.8, 4) is 0 Å². The van der Waals surface area contributed by atoms with E-state index in [4.69, 9.17) is 5.73 Å². The Morgan fingerprint density at radius 2 is 1.74 bits per heavy atom. The largest absolute Gasteiger partial charge is 0.370 e. The first-order valence-corrected chi connectivity index (χ1v) is 7.22. The van der Waals surface area contributed by atoms with E-state index in [0.29, 0.717) is 0 Å². The van der Waals surface area contributed by atoms with Gasteiger partial charge >= 0.3 is 0 Å². The number of halogens is 2. The smallest absolute Gasteiger partial charge is 0.244 e. The molecule has 0 aliphatic carbocycles. The number of hydrogen-bond donors (Lipinski definition) is 2. The molecule has 0 bridgehead atoms. The number of primary amides is 1. The van der Waals surface area contributed by atoms with Crippen LogP contribution in [0, 0.1) is 0 Å². The number of anilines is 1. The lowest BCUT2D eigenvalue weighted by Gasteiger charge is -2.17. The summed E-state index contributed by atoms with van der Waals surface area (Å²) in [5.41, 5.74) is 7.13. The number of carbonyl (C=O) groups excluding carboxylic acids is 1. The number of nitrogens with two attached hydrogens (primary N) is 1. The lowest BCUT2D eigenvalue weighted by atomic mass is 10.1. The average molecular weight is 384 g/mol. The second kappa shape index (κ2) is 6.21. The molecule has 2 rings (SSSR count). The zero-order valence-corrected chi connectivity index (χ0v) is 13.1. The van der Waals surface area contributed by atoms with Crippen molar-refractivity contribution in [1.82, 2.24) is 0 Å². The van der Waals surface area contributed by atoms with E-state index in [0.717, 1.165) is 20.2 Å². The van der Waals surface area contributed by atoms with Gasteiger partial charge in [0.05, 0.1) is 0 Å². The van der Waals surface area contributed by atoms with Crippen LogP contribution in [0.1, 0.15) is 11.6 Å². The minimum absolute atomic E-state index is 0.416. The number of carbonyl (C=O) groups is 1. The van der Waals surface area contributed by atoms with Gasteiger partial charge < -0.3 is 11.1 Å². The number of benzene rings is 2. The fraction of sp³-hybridized carbons (Fsp3) is 0.0714. The van der Waals surface area contributed by atoms with Crippen molar-refractivity contribution < 1.29 is 4.79 Å². The molecule has 0 aromatic heterocycles. The third-order valence-corrected chi connectivity index (χ3v) is 3.64. The van der Waals surface area contributed by atoms with Crippen molar-refractivity contribution in [2.45, 2.75) is 6.04 Å². The van der Waals surface area contributed by atoms with Gasteiger partial charge in [0.1, 0.15) is 6.04 Å².